The van der Waals surface area contributed by atoms with E-state index >= 15 is 0 Å². The van der Waals surface area contributed by atoms with Crippen molar-refractivity contribution in [3.8, 4) is 0 Å². The summed E-state index contributed by atoms with van der Waals surface area (Å²) in [6.45, 7) is 17.7. The second-order valence-electron chi connectivity index (χ2n) is 5.12. The summed E-state index contributed by atoms with van der Waals surface area (Å²) in [6.07, 6.45) is 0. The van der Waals surface area contributed by atoms with E-state index in [2.05, 4.69) is 45.8 Å². The molecule has 0 aliphatic heterocycles. The fourth-order valence-corrected chi connectivity index (χ4v) is 30.4. The lowest BCUT2D eigenvalue weighted by molar-refractivity contribution is 1.78. The van der Waals surface area contributed by atoms with Gasteiger partial charge in [-0.3, -0.25) is 7.83 Å². The van der Waals surface area contributed by atoms with Crippen molar-refractivity contribution >= 4 is 23.0 Å². The van der Waals surface area contributed by atoms with E-state index in [0.29, 0.717) is 0 Å². The number of rotatable bonds is 2. The summed E-state index contributed by atoms with van der Waals surface area (Å²) in [5, 5.41) is 0. The Balaban J connectivity index is 4.23. The van der Waals surface area contributed by atoms with Crippen LogP contribution in [0.25, 0.3) is 0 Å². The van der Waals surface area contributed by atoms with Crippen LogP contribution in [-0.2, 0) is 0 Å². The minimum Gasteiger partial charge on any atom is -0.258 e. The van der Waals surface area contributed by atoms with Crippen molar-refractivity contribution in [1.29, 1.82) is 0 Å². The first-order valence-corrected chi connectivity index (χ1v) is 15.0. The first kappa shape index (κ1) is 10.7. The van der Waals surface area contributed by atoms with Crippen molar-refractivity contribution in [2.75, 3.05) is 0 Å². The van der Waals surface area contributed by atoms with Crippen LogP contribution in [0.15, 0.2) is 0 Å². The Hall–Kier alpha value is 0.651. The molecule has 0 spiro atoms. The molecular weight excluding hydrogens is 168 g/mol. The van der Waals surface area contributed by atoms with Crippen molar-refractivity contribution in [3.63, 3.8) is 0 Å². The van der Waals surface area contributed by atoms with Gasteiger partial charge >= 0.3 is 0 Å². The SMILES string of the molecule is C[Si-]([Si](C)(C)C)[Si](C)(C)C. The Kier molecular flexibility index (Phi) is 3.14. The maximum atomic E-state index is 2.56. The predicted octanol–water partition coefficient (Wildman–Crippen LogP) is 2.94. The quantitative estimate of drug-likeness (QED) is 0.586. The molecule has 0 nitrogen and oxygen atoms in total. The molecule has 0 radical (unpaired) electrons. The predicted molar refractivity (Wildman–Crippen MR) is 58.3 cm³/mol. The maximum Gasteiger partial charge on any atom is -0.0977 e. The molecule has 0 fully saturated rings. The van der Waals surface area contributed by atoms with Crippen LogP contribution in [-0.4, -0.2) is 23.0 Å². The van der Waals surface area contributed by atoms with Crippen LogP contribution in [0.3, 0.4) is 0 Å². The first-order chi connectivity index (χ1) is 4.15. The summed E-state index contributed by atoms with van der Waals surface area (Å²) in [7, 11) is -1.41. The summed E-state index contributed by atoms with van der Waals surface area (Å²) in [6, 6.07) is 0. The number of hydrogen-bond acceptors (Lipinski definition) is 0. The zero-order valence-electron chi connectivity index (χ0n) is 8.50. The standard InChI is InChI=1S/C7H21Si3/c1-8(9(2,3)4)10(5,6)7/h1-7H3/q-1. The highest BCUT2D eigenvalue weighted by Gasteiger charge is 2.19. The van der Waals surface area contributed by atoms with Crippen molar-refractivity contribution in [2.45, 2.75) is 45.8 Å². The lowest BCUT2D eigenvalue weighted by Crippen LogP contribution is -2.56. The normalized spacial score (nSPS) is 14.4. The molecule has 0 amide bonds. The minimum absolute atomic E-state index is 0.0571. The Labute approximate surface area is 69.2 Å². The van der Waals surface area contributed by atoms with E-state index in [1.165, 1.54) is 0 Å². The number of hydrogen-bond donors (Lipinski definition) is 0. The van der Waals surface area contributed by atoms with Gasteiger partial charge in [-0.1, -0.05) is 39.3 Å². The lowest BCUT2D eigenvalue weighted by Gasteiger charge is -2.48. The molecule has 0 rings (SSSR count). The average Bonchev–Trinajstić information content (AvgIpc) is 1.59. The smallest absolute Gasteiger partial charge is 0.0977 e. The molecule has 62 valence electrons. The second-order valence-corrected chi connectivity index (χ2v) is 30.4. The van der Waals surface area contributed by atoms with Crippen LogP contribution in [0.5, 0.6) is 0 Å². The summed E-state index contributed by atoms with van der Waals surface area (Å²) in [5.74, 6) is 0. The Morgan fingerprint density at radius 1 is 0.700 bits per heavy atom. The van der Waals surface area contributed by atoms with Crippen molar-refractivity contribution < 1.29 is 0 Å². The molecule has 0 aromatic rings. The molecule has 10 heavy (non-hydrogen) atoms. The molecule has 0 heterocycles. The van der Waals surface area contributed by atoms with Crippen LogP contribution in [0, 0.1) is 0 Å². The molecule has 0 bridgehead atoms. The van der Waals surface area contributed by atoms with E-state index in [1.807, 2.05) is 0 Å². The first-order valence-electron chi connectivity index (χ1n) is 4.00. The van der Waals surface area contributed by atoms with Crippen LogP contribution in [0.2, 0.25) is 45.8 Å². The van der Waals surface area contributed by atoms with Gasteiger partial charge in [-0.05, 0) is 0 Å². The van der Waals surface area contributed by atoms with Crippen molar-refractivity contribution in [2.24, 2.45) is 0 Å². The molecule has 0 aromatic heterocycles. The van der Waals surface area contributed by atoms with Gasteiger partial charge < -0.3 is 0 Å². The molecule has 0 aromatic carbocycles. The highest BCUT2D eigenvalue weighted by atomic mass is 29.6. The highest BCUT2D eigenvalue weighted by Crippen LogP contribution is 2.16. The third-order valence-electron chi connectivity index (χ3n) is 2.25. The van der Waals surface area contributed by atoms with Crippen LogP contribution >= 0.6 is 0 Å². The zero-order valence-corrected chi connectivity index (χ0v) is 11.5. The molecule has 0 saturated carbocycles. The van der Waals surface area contributed by atoms with E-state index in [0.717, 1.165) is 0 Å². The third kappa shape index (κ3) is 3.16. The van der Waals surface area contributed by atoms with Gasteiger partial charge in [0.15, 0.2) is 0 Å². The fraction of sp³-hybridized carbons (Fsp3) is 1.00. The minimum atomic E-state index is -0.732. The Morgan fingerprint density at radius 2 is 0.900 bits per heavy atom. The van der Waals surface area contributed by atoms with E-state index in [-0.39, 0.29) is 7.83 Å². The van der Waals surface area contributed by atoms with Gasteiger partial charge in [0.1, 0.15) is 0 Å². The maximum absolute atomic E-state index is 2.56. The van der Waals surface area contributed by atoms with E-state index in [4.69, 9.17) is 0 Å². The van der Waals surface area contributed by atoms with Crippen LogP contribution in [0.4, 0.5) is 0 Å². The summed E-state index contributed by atoms with van der Waals surface area (Å²) in [4.78, 5) is 0. The topological polar surface area (TPSA) is 0 Å². The fourth-order valence-electron chi connectivity index (χ4n) is 1.12. The van der Waals surface area contributed by atoms with E-state index in [9.17, 15) is 0 Å². The van der Waals surface area contributed by atoms with Gasteiger partial charge in [0, 0.05) is 0 Å². The Morgan fingerprint density at radius 3 is 0.900 bits per heavy atom. The molecule has 0 aliphatic rings. The highest BCUT2D eigenvalue weighted by molar-refractivity contribution is 7.59. The molecule has 0 atom stereocenters. The largest absolute Gasteiger partial charge is 0.258 e. The molecule has 0 unspecified atom stereocenters. The van der Waals surface area contributed by atoms with Gasteiger partial charge in [-0.2, -0.15) is 6.55 Å². The monoisotopic (exact) mass is 189 g/mol. The van der Waals surface area contributed by atoms with Gasteiger partial charge in [0.05, 0.1) is 0 Å². The summed E-state index contributed by atoms with van der Waals surface area (Å²) < 4.78 is 0. The Bertz CT molecular complexity index is 93.0. The molecule has 0 N–H and O–H groups in total. The zero-order chi connectivity index (χ0) is 8.58. The summed E-state index contributed by atoms with van der Waals surface area (Å²) >= 11 is 0. The van der Waals surface area contributed by atoms with E-state index < -0.39 is 15.2 Å². The lowest BCUT2D eigenvalue weighted by atomic mass is 11.8. The molecule has 0 saturated heterocycles. The van der Waals surface area contributed by atoms with Gasteiger partial charge in [-0.25, -0.2) is 0 Å². The van der Waals surface area contributed by atoms with Gasteiger partial charge in [0.2, 0.25) is 0 Å². The van der Waals surface area contributed by atoms with Crippen molar-refractivity contribution in [1.82, 2.24) is 0 Å². The van der Waals surface area contributed by atoms with E-state index in [1.54, 1.807) is 0 Å². The van der Waals surface area contributed by atoms with Crippen LogP contribution < -0.4 is 0 Å². The van der Waals surface area contributed by atoms with Gasteiger partial charge in [-0.15, -0.1) is 15.2 Å². The van der Waals surface area contributed by atoms with Gasteiger partial charge in [0.25, 0.3) is 0 Å². The molecule has 3 heteroatoms. The van der Waals surface area contributed by atoms with Crippen molar-refractivity contribution in [3.05, 3.63) is 0 Å². The second kappa shape index (κ2) is 2.95. The van der Waals surface area contributed by atoms with Crippen LogP contribution in [0.1, 0.15) is 0 Å². The summed E-state index contributed by atoms with van der Waals surface area (Å²) in [5.41, 5.74) is 0. The molecule has 0 aliphatic carbocycles. The third-order valence-corrected chi connectivity index (χ3v) is 33.8. The molecular formula is C7H21Si3-. The average molecular weight is 190 g/mol.